The summed E-state index contributed by atoms with van der Waals surface area (Å²) in [5, 5.41) is 7.53. The van der Waals surface area contributed by atoms with Gasteiger partial charge < -0.3 is 5.73 Å². The fourth-order valence-corrected chi connectivity index (χ4v) is 1.82. The Morgan fingerprint density at radius 1 is 1.53 bits per heavy atom. The number of hydrogen-bond acceptors (Lipinski definition) is 2. The van der Waals surface area contributed by atoms with Gasteiger partial charge in [-0.3, -0.25) is 9.81 Å². The molecule has 3 N–H and O–H groups in total. The average molecular weight is 202 g/mol. The molecule has 2 aromatic rings. The van der Waals surface area contributed by atoms with Crippen LogP contribution in [0.1, 0.15) is 24.1 Å². The molecule has 0 aromatic carbocycles. The number of nitrogens with zero attached hydrogens (tertiary/aromatic N) is 2. The van der Waals surface area contributed by atoms with Crippen LogP contribution in [-0.4, -0.2) is 15.2 Å². The minimum Gasteiger partial charge on any atom is -0.382 e. The number of aryl methyl sites for hydroxylation is 2. The molecule has 0 radical (unpaired) electrons. The minimum absolute atomic E-state index is 0.0766. The van der Waals surface area contributed by atoms with E-state index in [2.05, 4.69) is 4.98 Å². The number of amidine groups is 1. The molecule has 0 aliphatic heterocycles. The maximum Gasteiger partial charge on any atom is 0.140 e. The Labute approximate surface area is 88.3 Å². The molecule has 2 rings (SSSR count). The average Bonchev–Trinajstić information content (AvgIpc) is 2.55. The Morgan fingerprint density at radius 2 is 2.27 bits per heavy atom. The zero-order valence-corrected chi connectivity index (χ0v) is 8.91. The summed E-state index contributed by atoms with van der Waals surface area (Å²) in [7, 11) is 0. The lowest BCUT2D eigenvalue weighted by atomic mass is 10.3. The quantitative estimate of drug-likeness (QED) is 0.572. The van der Waals surface area contributed by atoms with Gasteiger partial charge in [-0.1, -0.05) is 13.0 Å². The maximum absolute atomic E-state index is 7.53. The Balaban J connectivity index is 2.88. The Morgan fingerprint density at radius 3 is 2.87 bits per heavy atom. The number of hydrogen-bond donors (Lipinski definition) is 2. The molecule has 15 heavy (non-hydrogen) atoms. The van der Waals surface area contributed by atoms with Crippen molar-refractivity contribution >= 4 is 11.4 Å². The Kier molecular flexibility index (Phi) is 2.19. The minimum atomic E-state index is 0.0766. The van der Waals surface area contributed by atoms with E-state index < -0.39 is 0 Å². The Bertz CT molecular complexity index is 525. The molecule has 0 bridgehead atoms. The fraction of sp³-hybridized carbons (Fsp3) is 0.273. The van der Waals surface area contributed by atoms with Gasteiger partial charge in [0.1, 0.15) is 11.7 Å². The monoisotopic (exact) mass is 202 g/mol. The molecule has 0 atom stereocenters. The van der Waals surface area contributed by atoms with Crippen LogP contribution in [0.5, 0.6) is 0 Å². The van der Waals surface area contributed by atoms with Crippen molar-refractivity contribution < 1.29 is 0 Å². The predicted octanol–water partition coefficient (Wildman–Crippen LogP) is 1.49. The molecule has 0 spiro atoms. The molecule has 0 saturated heterocycles. The molecule has 78 valence electrons. The summed E-state index contributed by atoms with van der Waals surface area (Å²) in [6, 6.07) is 5.74. The predicted molar refractivity (Wildman–Crippen MR) is 60.3 cm³/mol. The first-order valence-corrected chi connectivity index (χ1v) is 4.96. The van der Waals surface area contributed by atoms with Gasteiger partial charge in [0, 0.05) is 6.42 Å². The fourth-order valence-electron chi connectivity index (χ4n) is 1.82. The van der Waals surface area contributed by atoms with Crippen LogP contribution >= 0.6 is 0 Å². The van der Waals surface area contributed by atoms with Crippen LogP contribution in [0.15, 0.2) is 18.2 Å². The molecular formula is C11H14N4. The number of nitrogens with one attached hydrogen (secondary N) is 1. The van der Waals surface area contributed by atoms with Crippen LogP contribution in [-0.2, 0) is 6.42 Å². The van der Waals surface area contributed by atoms with Crippen molar-refractivity contribution in [2.75, 3.05) is 0 Å². The second kappa shape index (κ2) is 3.38. The number of pyridine rings is 1. The topological polar surface area (TPSA) is 67.2 Å². The van der Waals surface area contributed by atoms with Gasteiger partial charge in [-0.2, -0.15) is 0 Å². The number of aromatic nitrogens is 2. The van der Waals surface area contributed by atoms with Crippen molar-refractivity contribution in [3.8, 4) is 0 Å². The molecule has 0 fully saturated rings. The van der Waals surface area contributed by atoms with Gasteiger partial charge in [0.25, 0.3) is 0 Å². The van der Waals surface area contributed by atoms with Gasteiger partial charge in [-0.15, -0.1) is 0 Å². The molecule has 0 saturated carbocycles. The van der Waals surface area contributed by atoms with Gasteiger partial charge in [-0.05, 0) is 19.1 Å². The molecule has 0 aliphatic rings. The number of rotatable bonds is 2. The maximum atomic E-state index is 7.53. The van der Waals surface area contributed by atoms with Crippen molar-refractivity contribution in [1.29, 1.82) is 5.41 Å². The van der Waals surface area contributed by atoms with E-state index in [1.807, 2.05) is 36.4 Å². The normalized spacial score (nSPS) is 10.8. The first kappa shape index (κ1) is 9.71. The molecule has 2 aromatic heterocycles. The third kappa shape index (κ3) is 1.38. The van der Waals surface area contributed by atoms with Crippen molar-refractivity contribution in [2.24, 2.45) is 5.73 Å². The highest BCUT2D eigenvalue weighted by atomic mass is 15.0. The Hall–Kier alpha value is -1.84. The van der Waals surface area contributed by atoms with Crippen LogP contribution in [0.25, 0.3) is 5.52 Å². The largest absolute Gasteiger partial charge is 0.382 e. The zero-order chi connectivity index (χ0) is 11.0. The second-order valence-corrected chi connectivity index (χ2v) is 3.51. The lowest BCUT2D eigenvalue weighted by Crippen LogP contribution is -2.16. The van der Waals surface area contributed by atoms with Gasteiger partial charge >= 0.3 is 0 Å². The number of nitrogen functional groups attached to an aromatic ring is 1. The third-order valence-corrected chi connectivity index (χ3v) is 2.51. The van der Waals surface area contributed by atoms with Crippen LogP contribution < -0.4 is 5.73 Å². The van der Waals surface area contributed by atoms with E-state index in [0.29, 0.717) is 5.69 Å². The lowest BCUT2D eigenvalue weighted by molar-refractivity contribution is 0.921. The first-order valence-electron chi connectivity index (χ1n) is 4.96. The molecule has 0 unspecified atom stereocenters. The van der Waals surface area contributed by atoms with E-state index in [-0.39, 0.29) is 5.84 Å². The van der Waals surface area contributed by atoms with E-state index in [4.69, 9.17) is 11.1 Å². The third-order valence-electron chi connectivity index (χ3n) is 2.51. The van der Waals surface area contributed by atoms with E-state index in [9.17, 15) is 0 Å². The molecule has 0 amide bonds. The number of fused-ring (bicyclic) bond motifs is 1. The summed E-state index contributed by atoms with van der Waals surface area (Å²) in [6.07, 6.45) is 0.833. The number of imidazole rings is 1. The highest BCUT2D eigenvalue weighted by Crippen LogP contribution is 2.15. The highest BCUT2D eigenvalue weighted by Gasteiger charge is 2.10. The number of nitrogens with two attached hydrogens (primary N) is 1. The van der Waals surface area contributed by atoms with Crippen LogP contribution in [0.2, 0.25) is 0 Å². The standard InChI is InChI=1S/C11H14N4/c1-3-10-14-7(2)8-5-4-6-9(11(12)13)15(8)10/h4-6H,3H2,1-2H3,(H3,12,13). The summed E-state index contributed by atoms with van der Waals surface area (Å²) in [6.45, 7) is 4.02. The molecule has 0 aliphatic carbocycles. The van der Waals surface area contributed by atoms with E-state index in [1.165, 1.54) is 0 Å². The van der Waals surface area contributed by atoms with Crippen molar-refractivity contribution in [3.05, 3.63) is 35.4 Å². The smallest absolute Gasteiger partial charge is 0.140 e. The first-order chi connectivity index (χ1) is 7.15. The molecular weight excluding hydrogens is 188 g/mol. The van der Waals surface area contributed by atoms with Gasteiger partial charge in [-0.25, -0.2) is 4.98 Å². The van der Waals surface area contributed by atoms with Crippen LogP contribution in [0.4, 0.5) is 0 Å². The summed E-state index contributed by atoms with van der Waals surface area (Å²) in [5.74, 6) is 1.03. The van der Waals surface area contributed by atoms with Gasteiger partial charge in [0.2, 0.25) is 0 Å². The molecule has 2 heterocycles. The second-order valence-electron chi connectivity index (χ2n) is 3.51. The van der Waals surface area contributed by atoms with E-state index in [0.717, 1.165) is 23.5 Å². The van der Waals surface area contributed by atoms with Gasteiger partial charge in [0.05, 0.1) is 16.9 Å². The summed E-state index contributed by atoms with van der Waals surface area (Å²) in [5.41, 5.74) is 8.27. The lowest BCUT2D eigenvalue weighted by Gasteiger charge is -2.05. The van der Waals surface area contributed by atoms with Crippen molar-refractivity contribution in [2.45, 2.75) is 20.3 Å². The van der Waals surface area contributed by atoms with Gasteiger partial charge in [0.15, 0.2) is 0 Å². The zero-order valence-electron chi connectivity index (χ0n) is 8.91. The molecule has 4 nitrogen and oxygen atoms in total. The van der Waals surface area contributed by atoms with E-state index in [1.54, 1.807) is 0 Å². The summed E-state index contributed by atoms with van der Waals surface area (Å²) in [4.78, 5) is 4.46. The van der Waals surface area contributed by atoms with Crippen LogP contribution in [0, 0.1) is 12.3 Å². The highest BCUT2D eigenvalue weighted by molar-refractivity contribution is 5.94. The SMILES string of the molecule is CCc1nc(C)c2cccc(C(=N)N)n12. The molecule has 4 heteroatoms. The van der Waals surface area contributed by atoms with Crippen molar-refractivity contribution in [3.63, 3.8) is 0 Å². The van der Waals surface area contributed by atoms with Crippen LogP contribution in [0.3, 0.4) is 0 Å². The summed E-state index contributed by atoms with van der Waals surface area (Å²) < 4.78 is 1.96. The summed E-state index contributed by atoms with van der Waals surface area (Å²) >= 11 is 0. The van der Waals surface area contributed by atoms with E-state index >= 15 is 0 Å². The van der Waals surface area contributed by atoms with Crippen molar-refractivity contribution in [1.82, 2.24) is 9.38 Å².